The Labute approximate surface area is 83.0 Å². The number of phenols is 1. The lowest BCUT2D eigenvalue weighted by Crippen LogP contribution is -2.06. The number of carbonyl (C=O) groups is 1. The zero-order chi connectivity index (χ0) is 11.1. The van der Waals surface area contributed by atoms with Crippen molar-refractivity contribution in [2.45, 2.75) is 12.8 Å². The molecule has 4 N–H and O–H groups in total. The molecule has 0 heterocycles. The van der Waals surface area contributed by atoms with Gasteiger partial charge in [-0.1, -0.05) is 12.1 Å². The van der Waals surface area contributed by atoms with Gasteiger partial charge in [-0.15, -0.1) is 0 Å². The van der Waals surface area contributed by atoms with E-state index in [9.17, 15) is 4.79 Å². The summed E-state index contributed by atoms with van der Waals surface area (Å²) in [6.45, 7) is 1.61. The van der Waals surface area contributed by atoms with E-state index in [1.165, 1.54) is 19.2 Å². The Morgan fingerprint density at radius 2 is 1.71 bits per heavy atom. The molecule has 1 aromatic carbocycles. The van der Waals surface area contributed by atoms with Crippen LogP contribution in [0, 0.1) is 0 Å². The third-order valence-electron chi connectivity index (χ3n) is 1.76. The highest BCUT2D eigenvalue weighted by Gasteiger charge is 2.12. The van der Waals surface area contributed by atoms with Crippen LogP contribution < -0.4 is 5.73 Å². The second-order valence-corrected chi connectivity index (χ2v) is 2.65. The Morgan fingerprint density at radius 3 is 2.07 bits per heavy atom. The molecule has 1 unspecified atom stereocenters. The minimum absolute atomic E-state index is 0.149. The highest BCUT2D eigenvalue weighted by atomic mass is 16.4. The van der Waals surface area contributed by atoms with Crippen molar-refractivity contribution in [3.63, 3.8) is 0 Å². The summed E-state index contributed by atoms with van der Waals surface area (Å²) in [6.07, 6.45) is 0. The molecule has 0 spiro atoms. The molecule has 0 radical (unpaired) electrons. The maximum atomic E-state index is 10.5. The second-order valence-electron chi connectivity index (χ2n) is 2.65. The highest BCUT2D eigenvalue weighted by Crippen LogP contribution is 2.18. The van der Waals surface area contributed by atoms with Gasteiger partial charge in [-0.25, -0.2) is 0 Å². The molecule has 0 aromatic heterocycles. The lowest BCUT2D eigenvalue weighted by atomic mass is 10.0. The van der Waals surface area contributed by atoms with Gasteiger partial charge >= 0.3 is 5.97 Å². The van der Waals surface area contributed by atoms with E-state index in [2.05, 4.69) is 5.73 Å². The van der Waals surface area contributed by atoms with E-state index in [0.717, 1.165) is 0 Å². The smallest absolute Gasteiger partial charge is 0.310 e. The van der Waals surface area contributed by atoms with Crippen LogP contribution in [0.25, 0.3) is 0 Å². The van der Waals surface area contributed by atoms with Gasteiger partial charge in [-0.3, -0.25) is 4.79 Å². The predicted molar refractivity (Wildman–Crippen MR) is 54.3 cm³/mol. The van der Waals surface area contributed by atoms with Crippen molar-refractivity contribution in [2.75, 3.05) is 7.05 Å². The molecule has 0 aliphatic heterocycles. The van der Waals surface area contributed by atoms with E-state index in [4.69, 9.17) is 10.2 Å². The fourth-order valence-electron chi connectivity index (χ4n) is 0.906. The largest absolute Gasteiger partial charge is 0.508 e. The highest BCUT2D eigenvalue weighted by molar-refractivity contribution is 5.75. The predicted octanol–water partition coefficient (Wildman–Crippen LogP) is 1.16. The molecular formula is C10H15NO3. The molecule has 0 bridgehead atoms. The summed E-state index contributed by atoms with van der Waals surface area (Å²) in [7, 11) is 1.50. The van der Waals surface area contributed by atoms with Gasteiger partial charge in [0.1, 0.15) is 5.75 Å². The van der Waals surface area contributed by atoms with Crippen LogP contribution in [0.1, 0.15) is 18.4 Å². The first-order chi connectivity index (χ1) is 6.61. The van der Waals surface area contributed by atoms with Gasteiger partial charge in [0.25, 0.3) is 0 Å². The third-order valence-corrected chi connectivity index (χ3v) is 1.76. The lowest BCUT2D eigenvalue weighted by molar-refractivity contribution is -0.138. The van der Waals surface area contributed by atoms with Crippen molar-refractivity contribution < 1.29 is 15.0 Å². The maximum absolute atomic E-state index is 10.5. The SMILES string of the molecule is CC(C(=O)O)c1ccc(O)cc1.CN. The number of hydrogen-bond acceptors (Lipinski definition) is 3. The normalized spacial score (nSPS) is 11.1. The average molecular weight is 197 g/mol. The molecule has 0 aliphatic carbocycles. The van der Waals surface area contributed by atoms with Gasteiger partial charge in [0, 0.05) is 0 Å². The molecule has 14 heavy (non-hydrogen) atoms. The van der Waals surface area contributed by atoms with Crippen LogP contribution in [-0.2, 0) is 4.79 Å². The number of carboxylic acid groups (broad SMARTS) is 1. The number of aliphatic carboxylic acids is 1. The molecule has 0 aliphatic rings. The summed E-state index contributed by atoms with van der Waals surface area (Å²) < 4.78 is 0. The maximum Gasteiger partial charge on any atom is 0.310 e. The summed E-state index contributed by atoms with van der Waals surface area (Å²) in [5, 5.41) is 17.6. The molecule has 1 rings (SSSR count). The van der Waals surface area contributed by atoms with Crippen molar-refractivity contribution in [1.82, 2.24) is 0 Å². The topological polar surface area (TPSA) is 83.5 Å². The minimum atomic E-state index is -0.860. The molecule has 1 atom stereocenters. The molecule has 1 aromatic rings. The number of hydrogen-bond donors (Lipinski definition) is 3. The lowest BCUT2D eigenvalue weighted by Gasteiger charge is -2.05. The van der Waals surface area contributed by atoms with Gasteiger partial charge in [0.2, 0.25) is 0 Å². The van der Waals surface area contributed by atoms with Gasteiger partial charge in [-0.2, -0.15) is 0 Å². The average Bonchev–Trinajstić information content (AvgIpc) is 2.21. The molecule has 4 nitrogen and oxygen atoms in total. The van der Waals surface area contributed by atoms with Crippen LogP contribution >= 0.6 is 0 Å². The number of rotatable bonds is 2. The van der Waals surface area contributed by atoms with Gasteiger partial charge in [0.05, 0.1) is 5.92 Å². The van der Waals surface area contributed by atoms with Gasteiger partial charge < -0.3 is 15.9 Å². The Bertz CT molecular complexity index is 282. The number of carboxylic acids is 1. The molecule has 78 valence electrons. The van der Waals surface area contributed by atoms with E-state index < -0.39 is 11.9 Å². The first-order valence-corrected chi connectivity index (χ1v) is 4.20. The molecule has 0 saturated heterocycles. The zero-order valence-corrected chi connectivity index (χ0v) is 8.27. The second kappa shape index (κ2) is 5.99. The number of aromatic hydroxyl groups is 1. The number of benzene rings is 1. The van der Waals surface area contributed by atoms with Crippen LogP contribution in [0.15, 0.2) is 24.3 Å². The fraction of sp³-hybridized carbons (Fsp3) is 0.300. The summed E-state index contributed by atoms with van der Waals surface area (Å²) >= 11 is 0. The van der Waals surface area contributed by atoms with Crippen LogP contribution in [0.3, 0.4) is 0 Å². The van der Waals surface area contributed by atoms with E-state index in [-0.39, 0.29) is 5.75 Å². The molecule has 0 amide bonds. The molecule has 0 fully saturated rings. The Hall–Kier alpha value is -1.55. The first kappa shape index (κ1) is 12.4. The standard InChI is InChI=1S/C9H10O3.CH5N/c1-6(9(11)12)7-2-4-8(10)5-3-7;1-2/h2-6,10H,1H3,(H,11,12);2H2,1H3. The number of nitrogens with two attached hydrogens (primary N) is 1. The molecule has 0 saturated carbocycles. The van der Waals surface area contributed by atoms with E-state index >= 15 is 0 Å². The van der Waals surface area contributed by atoms with Crippen LogP contribution in [0.5, 0.6) is 5.75 Å². The van der Waals surface area contributed by atoms with Crippen molar-refractivity contribution in [3.8, 4) is 5.75 Å². The number of phenolic OH excluding ortho intramolecular Hbond substituents is 1. The van der Waals surface area contributed by atoms with Gasteiger partial charge in [0.15, 0.2) is 0 Å². The Morgan fingerprint density at radius 1 is 1.29 bits per heavy atom. The van der Waals surface area contributed by atoms with Gasteiger partial charge in [-0.05, 0) is 31.7 Å². The van der Waals surface area contributed by atoms with E-state index in [1.807, 2.05) is 0 Å². The van der Waals surface area contributed by atoms with Crippen LogP contribution in [-0.4, -0.2) is 23.2 Å². The summed E-state index contributed by atoms with van der Waals surface area (Å²) in [5.74, 6) is -1.23. The fourth-order valence-corrected chi connectivity index (χ4v) is 0.906. The van der Waals surface area contributed by atoms with Crippen LogP contribution in [0.4, 0.5) is 0 Å². The zero-order valence-electron chi connectivity index (χ0n) is 8.27. The summed E-state index contributed by atoms with van der Waals surface area (Å²) in [6, 6.07) is 6.17. The van der Waals surface area contributed by atoms with Crippen LogP contribution in [0.2, 0.25) is 0 Å². The van der Waals surface area contributed by atoms with Crippen molar-refractivity contribution in [2.24, 2.45) is 5.73 Å². The summed E-state index contributed by atoms with van der Waals surface area (Å²) in [4.78, 5) is 10.5. The quantitative estimate of drug-likeness (QED) is 0.664. The monoisotopic (exact) mass is 197 g/mol. The molecule has 4 heteroatoms. The first-order valence-electron chi connectivity index (χ1n) is 4.20. The van der Waals surface area contributed by atoms with Crippen molar-refractivity contribution in [1.29, 1.82) is 0 Å². The summed E-state index contributed by atoms with van der Waals surface area (Å²) in [5.41, 5.74) is 5.19. The third kappa shape index (κ3) is 3.45. The van der Waals surface area contributed by atoms with Crippen molar-refractivity contribution in [3.05, 3.63) is 29.8 Å². The minimum Gasteiger partial charge on any atom is -0.508 e. The molecular weight excluding hydrogens is 182 g/mol. The Kier molecular flexibility index (Phi) is 5.33. The van der Waals surface area contributed by atoms with E-state index in [1.54, 1.807) is 19.1 Å². The van der Waals surface area contributed by atoms with E-state index in [0.29, 0.717) is 5.56 Å². The Balaban J connectivity index is 0.000000791. The van der Waals surface area contributed by atoms with Crippen molar-refractivity contribution >= 4 is 5.97 Å².